The number of fused-ring (bicyclic) bond motifs is 1. The molecule has 4 nitrogen and oxygen atoms in total. The molecule has 0 spiro atoms. The van der Waals surface area contributed by atoms with E-state index in [0.717, 1.165) is 0 Å². The fourth-order valence-electron chi connectivity index (χ4n) is 2.13. The van der Waals surface area contributed by atoms with Gasteiger partial charge in [-0.2, -0.15) is 5.26 Å². The van der Waals surface area contributed by atoms with Crippen molar-refractivity contribution in [2.45, 2.75) is 0 Å². The van der Waals surface area contributed by atoms with Crippen LogP contribution in [0.5, 0.6) is 0 Å². The molecular weight excluding hydrogens is 262 g/mol. The molecule has 0 atom stereocenters. The summed E-state index contributed by atoms with van der Waals surface area (Å²) in [5, 5.41) is 9.08. The molecule has 1 aromatic heterocycles. The summed E-state index contributed by atoms with van der Waals surface area (Å²) in [6, 6.07) is 9.93. The van der Waals surface area contributed by atoms with Crippen LogP contribution in [0.25, 0.3) is 16.7 Å². The molecule has 0 unspecified atom stereocenters. The summed E-state index contributed by atoms with van der Waals surface area (Å²) in [7, 11) is 0. The van der Waals surface area contributed by atoms with Gasteiger partial charge in [0.05, 0.1) is 16.7 Å². The highest BCUT2D eigenvalue weighted by Crippen LogP contribution is 2.26. The molecule has 98 valence electrons. The Hall–Kier alpha value is -2.94. The fourth-order valence-corrected chi connectivity index (χ4v) is 2.13. The van der Waals surface area contributed by atoms with Crippen molar-refractivity contribution in [1.82, 2.24) is 9.55 Å². The number of hydrogen-bond donors (Lipinski definition) is 1. The first-order chi connectivity index (χ1) is 9.61. The first kappa shape index (κ1) is 12.1. The van der Waals surface area contributed by atoms with E-state index >= 15 is 0 Å². The van der Waals surface area contributed by atoms with Crippen LogP contribution in [0, 0.1) is 23.0 Å². The molecule has 0 aliphatic rings. The van der Waals surface area contributed by atoms with Crippen LogP contribution in [0.15, 0.2) is 36.4 Å². The number of anilines is 1. The summed E-state index contributed by atoms with van der Waals surface area (Å²) < 4.78 is 28.4. The van der Waals surface area contributed by atoms with Crippen LogP contribution >= 0.6 is 0 Å². The zero-order valence-electron chi connectivity index (χ0n) is 10.1. The zero-order valence-corrected chi connectivity index (χ0v) is 10.1. The minimum Gasteiger partial charge on any atom is -0.369 e. The van der Waals surface area contributed by atoms with Gasteiger partial charge in [0.2, 0.25) is 5.95 Å². The normalized spacial score (nSPS) is 10.7. The average Bonchev–Trinajstić information content (AvgIpc) is 2.73. The van der Waals surface area contributed by atoms with E-state index < -0.39 is 11.6 Å². The minimum absolute atomic E-state index is 0.0627. The number of benzene rings is 2. The van der Waals surface area contributed by atoms with Crippen LogP contribution in [0.1, 0.15) is 5.56 Å². The summed E-state index contributed by atoms with van der Waals surface area (Å²) in [6.07, 6.45) is 0. The number of hydrogen-bond acceptors (Lipinski definition) is 3. The number of nitrogens with zero attached hydrogens (tertiary/aromatic N) is 3. The van der Waals surface area contributed by atoms with Crippen molar-refractivity contribution in [1.29, 1.82) is 5.26 Å². The van der Waals surface area contributed by atoms with Gasteiger partial charge in [0.25, 0.3) is 0 Å². The van der Waals surface area contributed by atoms with Gasteiger partial charge < -0.3 is 5.73 Å². The maximum Gasteiger partial charge on any atom is 0.205 e. The van der Waals surface area contributed by atoms with Crippen molar-refractivity contribution < 1.29 is 8.78 Å². The first-order valence-electron chi connectivity index (χ1n) is 5.74. The van der Waals surface area contributed by atoms with Crippen molar-refractivity contribution >= 4 is 17.0 Å². The second-order valence-corrected chi connectivity index (χ2v) is 4.18. The number of aromatic nitrogens is 2. The van der Waals surface area contributed by atoms with E-state index in [1.807, 2.05) is 0 Å². The average molecular weight is 270 g/mol. The second kappa shape index (κ2) is 4.31. The summed E-state index contributed by atoms with van der Waals surface area (Å²) in [5.41, 5.74) is 6.73. The Morgan fingerprint density at radius 1 is 1.20 bits per heavy atom. The maximum atomic E-state index is 13.7. The maximum absolute atomic E-state index is 13.7. The van der Waals surface area contributed by atoms with Crippen molar-refractivity contribution in [2.24, 2.45) is 0 Å². The highest BCUT2D eigenvalue weighted by Gasteiger charge is 2.16. The van der Waals surface area contributed by atoms with Gasteiger partial charge >= 0.3 is 0 Å². The van der Waals surface area contributed by atoms with Crippen molar-refractivity contribution in [2.75, 3.05) is 5.73 Å². The van der Waals surface area contributed by atoms with Gasteiger partial charge in [-0.1, -0.05) is 6.07 Å². The van der Waals surface area contributed by atoms with Crippen LogP contribution in [0.3, 0.4) is 0 Å². The molecule has 2 aromatic carbocycles. The van der Waals surface area contributed by atoms with E-state index in [9.17, 15) is 8.78 Å². The van der Waals surface area contributed by atoms with Gasteiger partial charge in [-0.3, -0.25) is 4.57 Å². The van der Waals surface area contributed by atoms with E-state index in [-0.39, 0.29) is 17.2 Å². The molecule has 6 heteroatoms. The van der Waals surface area contributed by atoms with Crippen LogP contribution in [-0.2, 0) is 0 Å². The third-order valence-corrected chi connectivity index (χ3v) is 2.99. The number of rotatable bonds is 1. The lowest BCUT2D eigenvalue weighted by Gasteiger charge is -2.08. The molecule has 0 bridgehead atoms. The SMILES string of the molecule is N#Cc1c(F)cccc1-n1c(N)nc2ccc(F)cc21. The van der Waals surface area contributed by atoms with Gasteiger partial charge in [0, 0.05) is 6.07 Å². The van der Waals surface area contributed by atoms with Crippen LogP contribution in [0.4, 0.5) is 14.7 Å². The van der Waals surface area contributed by atoms with E-state index in [1.54, 1.807) is 6.07 Å². The number of imidazole rings is 1. The number of nitriles is 1. The Morgan fingerprint density at radius 3 is 2.75 bits per heavy atom. The van der Waals surface area contributed by atoms with E-state index in [1.165, 1.54) is 41.0 Å². The third-order valence-electron chi connectivity index (χ3n) is 2.99. The van der Waals surface area contributed by atoms with Crippen LogP contribution in [-0.4, -0.2) is 9.55 Å². The Bertz CT molecular complexity index is 861. The van der Waals surface area contributed by atoms with Crippen LogP contribution in [0.2, 0.25) is 0 Å². The standard InChI is InChI=1S/C14H8F2N4/c15-8-4-5-11-13(6-8)20(14(18)19-11)12-3-1-2-10(16)9(12)7-17/h1-6H,(H2,18,19). The third kappa shape index (κ3) is 1.68. The highest BCUT2D eigenvalue weighted by atomic mass is 19.1. The molecule has 0 amide bonds. The topological polar surface area (TPSA) is 67.6 Å². The zero-order chi connectivity index (χ0) is 14.3. The Balaban J connectivity index is 2.41. The van der Waals surface area contributed by atoms with Gasteiger partial charge in [0.1, 0.15) is 23.3 Å². The first-order valence-corrected chi connectivity index (χ1v) is 5.74. The summed E-state index contributed by atoms with van der Waals surface area (Å²) in [4.78, 5) is 4.08. The molecule has 3 aromatic rings. The smallest absolute Gasteiger partial charge is 0.205 e. The molecule has 0 saturated heterocycles. The second-order valence-electron chi connectivity index (χ2n) is 4.18. The molecule has 0 aliphatic heterocycles. The molecular formula is C14H8F2N4. The lowest BCUT2D eigenvalue weighted by Crippen LogP contribution is -2.04. The minimum atomic E-state index is -0.664. The quantitative estimate of drug-likeness (QED) is 0.739. The molecule has 2 N–H and O–H groups in total. The van der Waals surface area contributed by atoms with E-state index in [4.69, 9.17) is 11.0 Å². The summed E-state index contributed by atoms with van der Waals surface area (Å²) >= 11 is 0. The lowest BCUT2D eigenvalue weighted by molar-refractivity contribution is 0.622. The predicted octanol–water partition coefficient (Wildman–Crippen LogP) is 2.76. The van der Waals surface area contributed by atoms with E-state index in [0.29, 0.717) is 11.0 Å². The molecule has 0 radical (unpaired) electrons. The van der Waals surface area contributed by atoms with Crippen molar-refractivity contribution in [3.05, 3.63) is 53.6 Å². The Kier molecular flexibility index (Phi) is 2.61. The number of nitrogens with two attached hydrogens (primary N) is 1. The Labute approximate surface area is 112 Å². The van der Waals surface area contributed by atoms with Gasteiger partial charge in [0.15, 0.2) is 0 Å². The molecule has 1 heterocycles. The molecule has 0 saturated carbocycles. The highest BCUT2D eigenvalue weighted by molar-refractivity contribution is 5.81. The van der Waals surface area contributed by atoms with Gasteiger partial charge in [-0.05, 0) is 24.3 Å². The van der Waals surface area contributed by atoms with Crippen molar-refractivity contribution in [3.8, 4) is 11.8 Å². The van der Waals surface area contributed by atoms with Crippen LogP contribution < -0.4 is 5.73 Å². The monoisotopic (exact) mass is 270 g/mol. The fraction of sp³-hybridized carbons (Fsp3) is 0. The largest absolute Gasteiger partial charge is 0.369 e. The number of halogens is 2. The molecule has 3 rings (SSSR count). The summed E-state index contributed by atoms with van der Waals surface area (Å²) in [6.45, 7) is 0. The number of nitrogen functional groups attached to an aromatic ring is 1. The molecule has 0 fully saturated rings. The van der Waals surface area contributed by atoms with E-state index in [2.05, 4.69) is 4.98 Å². The summed E-state index contributed by atoms with van der Waals surface area (Å²) in [5.74, 6) is -1.07. The molecule has 0 aliphatic carbocycles. The van der Waals surface area contributed by atoms with Gasteiger partial charge in [-0.15, -0.1) is 0 Å². The Morgan fingerprint density at radius 2 is 2.00 bits per heavy atom. The predicted molar refractivity (Wildman–Crippen MR) is 70.1 cm³/mol. The molecule has 20 heavy (non-hydrogen) atoms. The lowest BCUT2D eigenvalue weighted by atomic mass is 10.1. The van der Waals surface area contributed by atoms with Crippen molar-refractivity contribution in [3.63, 3.8) is 0 Å². The van der Waals surface area contributed by atoms with Gasteiger partial charge in [-0.25, -0.2) is 13.8 Å².